The summed E-state index contributed by atoms with van der Waals surface area (Å²) in [4.78, 5) is 15.4. The van der Waals surface area contributed by atoms with Crippen LogP contribution in [0.15, 0.2) is 67.0 Å². The molecule has 3 aromatic rings. The Morgan fingerprint density at radius 2 is 1.87 bits per heavy atom. The summed E-state index contributed by atoms with van der Waals surface area (Å²) in [5, 5.41) is 5.70. The van der Waals surface area contributed by atoms with E-state index in [1.165, 1.54) is 0 Å². The molecule has 118 valence electrons. The van der Waals surface area contributed by atoms with Gasteiger partial charge in [-0.2, -0.15) is 0 Å². The Balaban J connectivity index is 0.000000229. The van der Waals surface area contributed by atoms with Crippen molar-refractivity contribution < 1.29 is 4.79 Å². The summed E-state index contributed by atoms with van der Waals surface area (Å²) in [5.41, 5.74) is 6.09. The molecule has 3 rings (SSSR count). The molecule has 0 spiro atoms. The first-order valence-electron chi connectivity index (χ1n) is 7.23. The van der Waals surface area contributed by atoms with Crippen molar-refractivity contribution in [3.8, 4) is 0 Å². The topological polar surface area (TPSA) is 68.0 Å². The lowest BCUT2D eigenvalue weighted by atomic mass is 10.1. The van der Waals surface area contributed by atoms with Gasteiger partial charge >= 0.3 is 0 Å². The van der Waals surface area contributed by atoms with Crippen LogP contribution >= 0.6 is 11.6 Å². The SMILES string of the molecule is Clc1ccccc1.NCCC(=O)Nc1ccc2cnccc2c1. The van der Waals surface area contributed by atoms with Crippen LogP contribution in [-0.4, -0.2) is 17.4 Å². The Bertz CT molecular complexity index is 762. The van der Waals surface area contributed by atoms with Crippen LogP contribution < -0.4 is 11.1 Å². The van der Waals surface area contributed by atoms with E-state index in [1.807, 2.05) is 54.6 Å². The zero-order valence-electron chi connectivity index (χ0n) is 12.6. The zero-order valence-corrected chi connectivity index (χ0v) is 13.3. The molecule has 0 atom stereocenters. The van der Waals surface area contributed by atoms with E-state index in [2.05, 4.69) is 10.3 Å². The summed E-state index contributed by atoms with van der Waals surface area (Å²) in [5.74, 6) is -0.0593. The molecule has 0 aliphatic rings. The Morgan fingerprint density at radius 1 is 1.09 bits per heavy atom. The highest BCUT2D eigenvalue weighted by atomic mass is 35.5. The fourth-order valence-electron chi connectivity index (χ4n) is 1.93. The summed E-state index contributed by atoms with van der Waals surface area (Å²) in [6.07, 6.45) is 3.86. The van der Waals surface area contributed by atoms with Crippen LogP contribution in [0.3, 0.4) is 0 Å². The standard InChI is InChI=1S/C12H13N3O.C6H5Cl/c13-5-3-12(16)15-11-2-1-10-8-14-6-4-9(10)7-11;7-6-4-2-1-3-5-6/h1-2,4,6-8H,3,5,13H2,(H,15,16);1-5H. The van der Waals surface area contributed by atoms with Gasteiger partial charge in [0.2, 0.25) is 5.91 Å². The number of carbonyl (C=O) groups is 1. The third-order valence-electron chi connectivity index (χ3n) is 3.03. The summed E-state index contributed by atoms with van der Waals surface area (Å²) in [7, 11) is 0. The minimum atomic E-state index is -0.0593. The van der Waals surface area contributed by atoms with Crippen LogP contribution in [-0.2, 0) is 4.79 Å². The number of amides is 1. The number of fused-ring (bicyclic) bond motifs is 1. The lowest BCUT2D eigenvalue weighted by Gasteiger charge is -2.05. The number of nitrogens with zero attached hydrogens (tertiary/aromatic N) is 1. The lowest BCUT2D eigenvalue weighted by Crippen LogP contribution is -2.16. The predicted molar refractivity (Wildman–Crippen MR) is 95.5 cm³/mol. The number of benzene rings is 2. The molecule has 0 aliphatic carbocycles. The van der Waals surface area contributed by atoms with Crippen molar-refractivity contribution >= 4 is 34.0 Å². The first-order valence-corrected chi connectivity index (χ1v) is 7.61. The number of pyridine rings is 1. The van der Waals surface area contributed by atoms with Gasteiger partial charge in [0.05, 0.1) is 0 Å². The van der Waals surface area contributed by atoms with E-state index in [0.717, 1.165) is 21.5 Å². The Morgan fingerprint density at radius 3 is 2.52 bits per heavy atom. The van der Waals surface area contributed by atoms with Crippen molar-refractivity contribution in [3.63, 3.8) is 0 Å². The van der Waals surface area contributed by atoms with Gasteiger partial charge in [0, 0.05) is 41.5 Å². The molecule has 0 fully saturated rings. The number of anilines is 1. The summed E-state index contributed by atoms with van der Waals surface area (Å²) >= 11 is 5.54. The molecule has 0 unspecified atom stereocenters. The number of hydrogen-bond acceptors (Lipinski definition) is 3. The van der Waals surface area contributed by atoms with Crippen molar-refractivity contribution in [2.45, 2.75) is 6.42 Å². The summed E-state index contributed by atoms with van der Waals surface area (Å²) in [6.45, 7) is 0.364. The number of halogens is 1. The molecule has 0 radical (unpaired) electrons. The summed E-state index contributed by atoms with van der Waals surface area (Å²) < 4.78 is 0. The van der Waals surface area contributed by atoms with Crippen LogP contribution in [0.1, 0.15) is 6.42 Å². The van der Waals surface area contributed by atoms with Gasteiger partial charge in [-0.15, -0.1) is 0 Å². The Labute approximate surface area is 140 Å². The molecule has 0 aliphatic heterocycles. The normalized spacial score (nSPS) is 9.83. The summed E-state index contributed by atoms with van der Waals surface area (Å²) in [6, 6.07) is 17.1. The van der Waals surface area contributed by atoms with E-state index in [0.29, 0.717) is 13.0 Å². The number of nitrogens with two attached hydrogens (primary N) is 1. The molecule has 1 aromatic heterocycles. The molecule has 5 heteroatoms. The van der Waals surface area contributed by atoms with Gasteiger partial charge in [0.15, 0.2) is 0 Å². The van der Waals surface area contributed by atoms with Crippen LogP contribution in [0.2, 0.25) is 5.02 Å². The van der Waals surface area contributed by atoms with Gasteiger partial charge < -0.3 is 11.1 Å². The maximum Gasteiger partial charge on any atom is 0.225 e. The van der Waals surface area contributed by atoms with Crippen molar-refractivity contribution in [2.24, 2.45) is 5.73 Å². The van der Waals surface area contributed by atoms with Crippen molar-refractivity contribution in [3.05, 3.63) is 72.0 Å². The average molecular weight is 328 g/mol. The van der Waals surface area contributed by atoms with Crippen molar-refractivity contribution in [2.75, 3.05) is 11.9 Å². The van der Waals surface area contributed by atoms with Crippen LogP contribution in [0, 0.1) is 0 Å². The van der Waals surface area contributed by atoms with Gasteiger partial charge in [0.25, 0.3) is 0 Å². The highest BCUT2D eigenvalue weighted by Gasteiger charge is 2.01. The number of nitrogens with one attached hydrogen (secondary N) is 1. The van der Waals surface area contributed by atoms with Crippen LogP contribution in [0.25, 0.3) is 10.8 Å². The second kappa shape index (κ2) is 8.88. The van der Waals surface area contributed by atoms with E-state index in [-0.39, 0.29) is 5.91 Å². The zero-order chi connectivity index (χ0) is 16.5. The highest BCUT2D eigenvalue weighted by molar-refractivity contribution is 6.30. The highest BCUT2D eigenvalue weighted by Crippen LogP contribution is 2.17. The monoisotopic (exact) mass is 327 g/mol. The predicted octanol–water partition coefficient (Wildman–Crippen LogP) is 3.86. The number of carbonyl (C=O) groups excluding carboxylic acids is 1. The molecule has 2 aromatic carbocycles. The maximum atomic E-state index is 11.3. The second-order valence-corrected chi connectivity index (χ2v) is 5.26. The molecule has 4 nitrogen and oxygen atoms in total. The van der Waals surface area contributed by atoms with Gasteiger partial charge in [-0.1, -0.05) is 35.9 Å². The molecular formula is C18H18ClN3O. The van der Waals surface area contributed by atoms with Crippen LogP contribution in [0.4, 0.5) is 5.69 Å². The van der Waals surface area contributed by atoms with Gasteiger partial charge in [-0.3, -0.25) is 9.78 Å². The Kier molecular flexibility index (Phi) is 6.54. The third kappa shape index (κ3) is 5.70. The van der Waals surface area contributed by atoms with Gasteiger partial charge in [-0.05, 0) is 35.7 Å². The van der Waals surface area contributed by atoms with E-state index in [4.69, 9.17) is 17.3 Å². The largest absolute Gasteiger partial charge is 0.330 e. The van der Waals surface area contributed by atoms with E-state index < -0.39 is 0 Å². The van der Waals surface area contributed by atoms with E-state index >= 15 is 0 Å². The first-order chi connectivity index (χ1) is 11.2. The molecule has 0 saturated heterocycles. The minimum absolute atomic E-state index is 0.0593. The molecule has 1 amide bonds. The lowest BCUT2D eigenvalue weighted by molar-refractivity contribution is -0.116. The fraction of sp³-hybridized carbons (Fsp3) is 0.111. The Hall–Kier alpha value is -2.43. The number of rotatable bonds is 3. The fourth-order valence-corrected chi connectivity index (χ4v) is 2.08. The van der Waals surface area contributed by atoms with Gasteiger partial charge in [-0.25, -0.2) is 0 Å². The van der Waals surface area contributed by atoms with E-state index in [9.17, 15) is 4.79 Å². The second-order valence-electron chi connectivity index (χ2n) is 4.82. The first kappa shape index (κ1) is 16.9. The average Bonchev–Trinajstić information content (AvgIpc) is 2.56. The molecular weight excluding hydrogens is 310 g/mol. The van der Waals surface area contributed by atoms with Crippen molar-refractivity contribution in [1.82, 2.24) is 4.98 Å². The molecule has 0 saturated carbocycles. The van der Waals surface area contributed by atoms with Crippen molar-refractivity contribution in [1.29, 1.82) is 0 Å². The quantitative estimate of drug-likeness (QED) is 0.767. The maximum absolute atomic E-state index is 11.3. The number of aromatic nitrogens is 1. The molecule has 3 N–H and O–H groups in total. The number of hydrogen-bond donors (Lipinski definition) is 2. The van der Waals surface area contributed by atoms with Crippen LogP contribution in [0.5, 0.6) is 0 Å². The van der Waals surface area contributed by atoms with Gasteiger partial charge in [0.1, 0.15) is 0 Å². The van der Waals surface area contributed by atoms with E-state index in [1.54, 1.807) is 12.4 Å². The minimum Gasteiger partial charge on any atom is -0.330 e. The molecule has 23 heavy (non-hydrogen) atoms. The smallest absolute Gasteiger partial charge is 0.225 e. The third-order valence-corrected chi connectivity index (χ3v) is 3.28. The molecule has 0 bridgehead atoms. The molecule has 1 heterocycles.